The summed E-state index contributed by atoms with van der Waals surface area (Å²) in [6.07, 6.45) is 1.49. The third-order valence-electron chi connectivity index (χ3n) is 1.54. The molecule has 0 radical (unpaired) electrons. The van der Waals surface area contributed by atoms with E-state index in [-0.39, 0.29) is 11.3 Å². The fourth-order valence-corrected chi connectivity index (χ4v) is 1.44. The number of aryl methyl sites for hydroxylation is 1. The van der Waals surface area contributed by atoms with Crippen LogP contribution in [0.3, 0.4) is 0 Å². The molecule has 0 bridgehead atoms. The van der Waals surface area contributed by atoms with E-state index in [0.717, 1.165) is 11.8 Å². The Labute approximate surface area is 82.6 Å². The summed E-state index contributed by atoms with van der Waals surface area (Å²) >= 11 is 0. The Hall–Kier alpha value is -1.36. The second-order valence-electron chi connectivity index (χ2n) is 2.95. The van der Waals surface area contributed by atoms with Crippen molar-refractivity contribution in [3.8, 4) is 5.75 Å². The lowest BCUT2D eigenvalue weighted by Crippen LogP contribution is -2.07. The molecule has 5 heteroatoms. The molecule has 0 heterocycles. The first-order valence-electron chi connectivity index (χ1n) is 3.87. The fourth-order valence-electron chi connectivity index (χ4n) is 0.974. The fraction of sp³-hybridized carbons (Fsp3) is 0.222. The molecule has 0 aliphatic carbocycles. The minimum Gasteiger partial charge on any atom is -0.382 e. The average Bonchev–Trinajstić information content (AvgIpc) is 2.01. The summed E-state index contributed by atoms with van der Waals surface area (Å²) in [6.45, 7) is 1.78. The molecule has 0 amide bonds. The Morgan fingerprint density at radius 3 is 2.50 bits per heavy atom. The minimum atomic E-state index is -3.59. The molecule has 1 aromatic carbocycles. The molecular weight excluding hydrogens is 204 g/mol. The molecule has 0 aromatic heterocycles. The van der Waals surface area contributed by atoms with Crippen molar-refractivity contribution < 1.29 is 17.4 Å². The van der Waals surface area contributed by atoms with E-state index in [0.29, 0.717) is 6.29 Å². The molecule has 0 aliphatic rings. The highest BCUT2D eigenvalue weighted by molar-refractivity contribution is 7.86. The van der Waals surface area contributed by atoms with Crippen molar-refractivity contribution in [2.24, 2.45) is 0 Å². The minimum absolute atomic E-state index is 0.0718. The van der Waals surface area contributed by atoms with Gasteiger partial charge in [-0.15, -0.1) is 0 Å². The molecule has 0 saturated heterocycles. The van der Waals surface area contributed by atoms with Gasteiger partial charge in [0.2, 0.25) is 0 Å². The predicted molar refractivity (Wildman–Crippen MR) is 52.0 cm³/mol. The summed E-state index contributed by atoms with van der Waals surface area (Å²) in [5.41, 5.74) is 1.05. The third kappa shape index (κ3) is 2.85. The number of benzene rings is 1. The smallest absolute Gasteiger partial charge is 0.306 e. The van der Waals surface area contributed by atoms with Crippen LogP contribution in [0, 0.1) is 6.92 Å². The zero-order valence-electron chi connectivity index (χ0n) is 7.85. The SMILES string of the molecule is Cc1ccc(C=O)c(OS(C)(=O)=O)c1. The first-order valence-corrected chi connectivity index (χ1v) is 5.69. The van der Waals surface area contributed by atoms with Crippen molar-refractivity contribution in [1.82, 2.24) is 0 Å². The largest absolute Gasteiger partial charge is 0.382 e. The van der Waals surface area contributed by atoms with Crippen LogP contribution in [0.5, 0.6) is 5.75 Å². The molecule has 1 aromatic rings. The van der Waals surface area contributed by atoms with Gasteiger partial charge in [0.05, 0.1) is 11.8 Å². The predicted octanol–water partition coefficient (Wildman–Crippen LogP) is 1.15. The number of hydrogen-bond donors (Lipinski definition) is 0. The van der Waals surface area contributed by atoms with Crippen LogP contribution in [-0.4, -0.2) is 21.0 Å². The van der Waals surface area contributed by atoms with Gasteiger partial charge in [0.25, 0.3) is 0 Å². The maximum absolute atomic E-state index is 10.8. The summed E-state index contributed by atoms with van der Waals surface area (Å²) in [5.74, 6) is 0.0718. The van der Waals surface area contributed by atoms with E-state index in [9.17, 15) is 13.2 Å². The highest BCUT2D eigenvalue weighted by atomic mass is 32.2. The van der Waals surface area contributed by atoms with Crippen molar-refractivity contribution >= 4 is 16.4 Å². The monoisotopic (exact) mass is 214 g/mol. The Balaban J connectivity index is 3.18. The first kappa shape index (κ1) is 10.7. The van der Waals surface area contributed by atoms with Crippen molar-refractivity contribution in [2.45, 2.75) is 6.92 Å². The number of carbonyl (C=O) groups is 1. The van der Waals surface area contributed by atoms with Crippen molar-refractivity contribution in [3.05, 3.63) is 29.3 Å². The second kappa shape index (κ2) is 3.79. The van der Waals surface area contributed by atoms with Crippen molar-refractivity contribution in [1.29, 1.82) is 0 Å². The van der Waals surface area contributed by atoms with Crippen LogP contribution in [0.15, 0.2) is 18.2 Å². The van der Waals surface area contributed by atoms with Gasteiger partial charge in [-0.25, -0.2) is 0 Å². The van der Waals surface area contributed by atoms with Gasteiger partial charge in [-0.05, 0) is 24.6 Å². The normalized spacial score (nSPS) is 11.0. The molecule has 14 heavy (non-hydrogen) atoms. The van der Waals surface area contributed by atoms with E-state index in [4.69, 9.17) is 0 Å². The number of hydrogen-bond acceptors (Lipinski definition) is 4. The van der Waals surface area contributed by atoms with E-state index in [1.54, 1.807) is 13.0 Å². The average molecular weight is 214 g/mol. The molecule has 76 valence electrons. The number of aldehydes is 1. The van der Waals surface area contributed by atoms with Crippen LogP contribution < -0.4 is 4.18 Å². The first-order chi connectivity index (χ1) is 6.42. The van der Waals surface area contributed by atoms with Crippen LogP contribution in [-0.2, 0) is 10.1 Å². The molecule has 0 saturated carbocycles. The van der Waals surface area contributed by atoms with Gasteiger partial charge in [0.15, 0.2) is 12.0 Å². The summed E-state index contributed by atoms with van der Waals surface area (Å²) in [5, 5.41) is 0. The molecule has 0 N–H and O–H groups in total. The lowest BCUT2D eigenvalue weighted by molar-refractivity contribution is 0.112. The molecule has 0 atom stereocenters. The maximum Gasteiger partial charge on any atom is 0.306 e. The van der Waals surface area contributed by atoms with E-state index in [1.807, 2.05) is 0 Å². The van der Waals surface area contributed by atoms with Gasteiger partial charge in [-0.1, -0.05) is 6.07 Å². The second-order valence-corrected chi connectivity index (χ2v) is 4.52. The Bertz CT molecular complexity index is 448. The lowest BCUT2D eigenvalue weighted by atomic mass is 10.1. The van der Waals surface area contributed by atoms with Crippen LogP contribution in [0.4, 0.5) is 0 Å². The van der Waals surface area contributed by atoms with Crippen LogP contribution >= 0.6 is 0 Å². The Morgan fingerprint density at radius 2 is 2.00 bits per heavy atom. The van der Waals surface area contributed by atoms with Gasteiger partial charge < -0.3 is 4.18 Å². The van der Waals surface area contributed by atoms with Gasteiger partial charge in [0, 0.05) is 0 Å². The quantitative estimate of drug-likeness (QED) is 0.559. The van der Waals surface area contributed by atoms with Gasteiger partial charge in [-0.3, -0.25) is 4.79 Å². The van der Waals surface area contributed by atoms with Crippen molar-refractivity contribution in [2.75, 3.05) is 6.26 Å². The van der Waals surface area contributed by atoms with Gasteiger partial charge in [-0.2, -0.15) is 8.42 Å². The van der Waals surface area contributed by atoms with E-state index < -0.39 is 10.1 Å². The standard InChI is InChI=1S/C9H10O4S/c1-7-3-4-8(6-10)9(5-7)13-14(2,11)12/h3-6H,1-2H3. The summed E-state index contributed by atoms with van der Waals surface area (Å²) < 4.78 is 26.3. The van der Waals surface area contributed by atoms with Gasteiger partial charge >= 0.3 is 10.1 Å². The lowest BCUT2D eigenvalue weighted by Gasteiger charge is -2.05. The molecule has 0 aliphatic heterocycles. The zero-order chi connectivity index (χ0) is 10.8. The highest BCUT2D eigenvalue weighted by Gasteiger charge is 2.09. The number of carbonyl (C=O) groups excluding carboxylic acids is 1. The summed E-state index contributed by atoms with van der Waals surface area (Å²) in [4.78, 5) is 10.5. The van der Waals surface area contributed by atoms with Crippen molar-refractivity contribution in [3.63, 3.8) is 0 Å². The van der Waals surface area contributed by atoms with E-state index in [2.05, 4.69) is 4.18 Å². The van der Waals surface area contributed by atoms with Crippen LogP contribution in [0.25, 0.3) is 0 Å². The third-order valence-corrected chi connectivity index (χ3v) is 2.02. The zero-order valence-corrected chi connectivity index (χ0v) is 8.67. The maximum atomic E-state index is 10.8. The Kier molecular flexibility index (Phi) is 2.90. The topological polar surface area (TPSA) is 60.4 Å². The molecule has 4 nitrogen and oxygen atoms in total. The Morgan fingerprint density at radius 1 is 1.36 bits per heavy atom. The van der Waals surface area contributed by atoms with E-state index in [1.165, 1.54) is 12.1 Å². The number of rotatable bonds is 3. The summed E-state index contributed by atoms with van der Waals surface area (Å²) in [6, 6.07) is 4.73. The van der Waals surface area contributed by atoms with Crippen LogP contribution in [0.2, 0.25) is 0 Å². The highest BCUT2D eigenvalue weighted by Crippen LogP contribution is 2.19. The molecule has 0 unspecified atom stereocenters. The summed E-state index contributed by atoms with van der Waals surface area (Å²) in [7, 11) is -3.59. The molecule has 1 rings (SSSR count). The molecular formula is C9H10O4S. The molecule has 0 fully saturated rings. The van der Waals surface area contributed by atoms with Crippen LogP contribution in [0.1, 0.15) is 15.9 Å². The van der Waals surface area contributed by atoms with E-state index >= 15 is 0 Å². The molecule has 0 spiro atoms. The van der Waals surface area contributed by atoms with Gasteiger partial charge in [0.1, 0.15) is 0 Å².